The zero-order chi connectivity index (χ0) is 18.7. The molecular weight excluding hydrogens is 392 g/mol. The van der Waals surface area contributed by atoms with E-state index in [1.54, 1.807) is 0 Å². The number of hydrogen-bond donors (Lipinski definition) is 0. The van der Waals surface area contributed by atoms with E-state index in [2.05, 4.69) is 39.7 Å². The fraction of sp³-hybridized carbons (Fsp3) is 0.600. The van der Waals surface area contributed by atoms with Gasteiger partial charge in [-0.3, -0.25) is 14.3 Å². The maximum absolute atomic E-state index is 13.1. The first-order valence-electron chi connectivity index (χ1n) is 9.67. The van der Waals surface area contributed by atoms with Crippen LogP contribution in [-0.2, 0) is 6.54 Å². The van der Waals surface area contributed by atoms with E-state index in [0.717, 1.165) is 61.3 Å². The van der Waals surface area contributed by atoms with Crippen LogP contribution in [0.25, 0.3) is 10.9 Å². The van der Waals surface area contributed by atoms with Crippen molar-refractivity contribution in [3.05, 3.63) is 38.9 Å². The lowest BCUT2D eigenvalue weighted by molar-refractivity contribution is 0.180. The van der Waals surface area contributed by atoms with E-state index in [4.69, 9.17) is 4.98 Å². The fourth-order valence-electron chi connectivity index (χ4n) is 3.90. The van der Waals surface area contributed by atoms with E-state index in [1.165, 1.54) is 0 Å². The number of halogens is 1. The minimum atomic E-state index is 0.0769. The molecule has 3 rings (SSSR count). The van der Waals surface area contributed by atoms with Crippen molar-refractivity contribution in [2.24, 2.45) is 0 Å². The quantitative estimate of drug-likeness (QED) is 0.739. The van der Waals surface area contributed by atoms with Crippen molar-refractivity contribution < 1.29 is 0 Å². The van der Waals surface area contributed by atoms with E-state index in [9.17, 15) is 4.79 Å². The fourth-order valence-corrected chi connectivity index (χ4v) is 4.25. The lowest BCUT2D eigenvalue weighted by atomic mass is 10.1. The van der Waals surface area contributed by atoms with Gasteiger partial charge in [0.15, 0.2) is 0 Å². The Morgan fingerprint density at radius 2 is 2.00 bits per heavy atom. The van der Waals surface area contributed by atoms with Crippen molar-refractivity contribution in [1.29, 1.82) is 0 Å². The zero-order valence-electron chi connectivity index (χ0n) is 16.0. The van der Waals surface area contributed by atoms with Crippen LogP contribution in [0.2, 0.25) is 0 Å². The maximum atomic E-state index is 13.1. The number of fused-ring (bicyclic) bond motifs is 1. The third-order valence-electron chi connectivity index (χ3n) is 5.32. The predicted molar refractivity (Wildman–Crippen MR) is 111 cm³/mol. The molecule has 1 unspecified atom stereocenters. The molecule has 0 amide bonds. The number of benzene rings is 1. The molecule has 1 atom stereocenters. The van der Waals surface area contributed by atoms with Gasteiger partial charge in [0, 0.05) is 30.7 Å². The summed E-state index contributed by atoms with van der Waals surface area (Å²) in [7, 11) is 2.19. The van der Waals surface area contributed by atoms with E-state index >= 15 is 0 Å². The van der Waals surface area contributed by atoms with Gasteiger partial charge in [-0.2, -0.15) is 0 Å². The number of likely N-dealkylation sites (N-methyl/N-ethyl adjacent to an activating group) is 1. The van der Waals surface area contributed by atoms with Crippen LogP contribution in [0.5, 0.6) is 0 Å². The molecule has 5 nitrogen and oxygen atoms in total. The summed E-state index contributed by atoms with van der Waals surface area (Å²) in [5, 5.41) is 0.699. The summed E-state index contributed by atoms with van der Waals surface area (Å²) in [6.45, 7) is 9.19. The maximum Gasteiger partial charge on any atom is 0.261 e. The average molecular weight is 421 g/mol. The van der Waals surface area contributed by atoms with Crippen LogP contribution in [0, 0.1) is 0 Å². The Kier molecular flexibility index (Phi) is 6.48. The number of nitrogens with zero attached hydrogens (tertiary/aromatic N) is 4. The van der Waals surface area contributed by atoms with E-state index in [0.29, 0.717) is 11.9 Å². The smallest absolute Gasteiger partial charge is 0.261 e. The van der Waals surface area contributed by atoms with Gasteiger partial charge in [-0.1, -0.05) is 29.3 Å². The Bertz CT molecular complexity index is 819. The monoisotopic (exact) mass is 420 g/mol. The van der Waals surface area contributed by atoms with Crippen LogP contribution in [0.4, 0.5) is 0 Å². The molecule has 2 aromatic rings. The topological polar surface area (TPSA) is 41.4 Å². The highest BCUT2D eigenvalue weighted by Crippen LogP contribution is 2.27. The minimum Gasteiger partial charge on any atom is -0.305 e. The molecule has 1 aliphatic heterocycles. The van der Waals surface area contributed by atoms with Gasteiger partial charge in [0.2, 0.25) is 0 Å². The Morgan fingerprint density at radius 3 is 2.73 bits per heavy atom. The largest absolute Gasteiger partial charge is 0.305 e. The van der Waals surface area contributed by atoms with Gasteiger partial charge < -0.3 is 4.90 Å². The Morgan fingerprint density at radius 1 is 1.19 bits per heavy atom. The lowest BCUT2D eigenvalue weighted by Gasteiger charge is -2.31. The third-order valence-corrected chi connectivity index (χ3v) is 5.81. The average Bonchev–Trinajstić information content (AvgIpc) is 2.84. The molecule has 0 radical (unpaired) electrons. The van der Waals surface area contributed by atoms with Crippen molar-refractivity contribution >= 4 is 26.8 Å². The normalized spacial score (nSPS) is 18.2. The van der Waals surface area contributed by atoms with Crippen LogP contribution in [-0.4, -0.2) is 52.6 Å². The molecule has 1 aromatic heterocycles. The molecule has 0 bridgehead atoms. The molecule has 2 heterocycles. The second kappa shape index (κ2) is 8.63. The molecule has 6 heteroatoms. The van der Waals surface area contributed by atoms with Gasteiger partial charge in [0.1, 0.15) is 5.82 Å². The number of rotatable bonds is 5. The summed E-state index contributed by atoms with van der Waals surface area (Å²) in [5.41, 5.74) is 0.866. The Hall–Kier alpha value is -1.24. The van der Waals surface area contributed by atoms with Gasteiger partial charge in [0.25, 0.3) is 5.56 Å². The van der Waals surface area contributed by atoms with Gasteiger partial charge in [-0.25, -0.2) is 4.98 Å². The van der Waals surface area contributed by atoms with Crippen LogP contribution < -0.4 is 5.56 Å². The predicted octanol–water partition coefficient (Wildman–Crippen LogP) is 3.66. The first-order valence-corrected chi connectivity index (χ1v) is 10.5. The van der Waals surface area contributed by atoms with Crippen LogP contribution in [0.15, 0.2) is 27.5 Å². The summed E-state index contributed by atoms with van der Waals surface area (Å²) in [4.78, 5) is 23.0. The van der Waals surface area contributed by atoms with Crippen LogP contribution >= 0.6 is 15.9 Å². The summed E-state index contributed by atoms with van der Waals surface area (Å²) >= 11 is 3.51. The van der Waals surface area contributed by atoms with Gasteiger partial charge in [-0.15, -0.1) is 0 Å². The van der Waals surface area contributed by atoms with E-state index < -0.39 is 0 Å². The molecular formula is C20H29BrN4O. The standard InChI is InChI=1S/C20H29BrN4O/c1-4-7-18(24-11-6-10-23(3)12-13-24)19-22-17-14-15(21)8-9-16(17)20(26)25(19)5-2/h8-9,14,18H,4-7,10-13H2,1-3H3. The van der Waals surface area contributed by atoms with E-state index in [-0.39, 0.29) is 11.6 Å². The summed E-state index contributed by atoms with van der Waals surface area (Å²) in [6.07, 6.45) is 3.26. The van der Waals surface area contributed by atoms with Gasteiger partial charge in [0.05, 0.1) is 16.9 Å². The van der Waals surface area contributed by atoms with Crippen LogP contribution in [0.1, 0.15) is 45.0 Å². The Labute approximate surface area is 164 Å². The lowest BCUT2D eigenvalue weighted by Crippen LogP contribution is -2.37. The summed E-state index contributed by atoms with van der Waals surface area (Å²) < 4.78 is 2.84. The SMILES string of the molecule is CCCC(c1nc2cc(Br)ccc2c(=O)n1CC)N1CCCN(C)CC1. The molecule has 0 saturated carbocycles. The molecule has 1 saturated heterocycles. The highest BCUT2D eigenvalue weighted by Gasteiger charge is 2.26. The van der Waals surface area contributed by atoms with Gasteiger partial charge >= 0.3 is 0 Å². The van der Waals surface area contributed by atoms with Crippen molar-refractivity contribution in [3.63, 3.8) is 0 Å². The van der Waals surface area contributed by atoms with Crippen molar-refractivity contribution in [2.45, 2.75) is 45.7 Å². The molecule has 142 valence electrons. The zero-order valence-corrected chi connectivity index (χ0v) is 17.6. The molecule has 0 aliphatic carbocycles. The highest BCUT2D eigenvalue weighted by molar-refractivity contribution is 9.10. The first-order chi connectivity index (χ1) is 12.5. The van der Waals surface area contributed by atoms with Crippen molar-refractivity contribution in [3.8, 4) is 0 Å². The minimum absolute atomic E-state index is 0.0769. The molecule has 1 fully saturated rings. The first kappa shape index (κ1) is 19.5. The molecule has 0 N–H and O–H groups in total. The van der Waals surface area contributed by atoms with Gasteiger partial charge in [-0.05, 0) is 51.6 Å². The number of aromatic nitrogens is 2. The summed E-state index contributed by atoms with van der Waals surface area (Å²) in [6, 6.07) is 5.95. The molecule has 26 heavy (non-hydrogen) atoms. The second-order valence-electron chi connectivity index (χ2n) is 7.18. The Balaban J connectivity index is 2.10. The number of hydrogen-bond acceptors (Lipinski definition) is 4. The van der Waals surface area contributed by atoms with Crippen molar-refractivity contribution in [2.75, 3.05) is 33.2 Å². The third kappa shape index (κ3) is 4.02. The van der Waals surface area contributed by atoms with E-state index in [1.807, 2.05) is 29.7 Å². The summed E-state index contributed by atoms with van der Waals surface area (Å²) in [5.74, 6) is 0.925. The van der Waals surface area contributed by atoms with Crippen molar-refractivity contribution in [1.82, 2.24) is 19.4 Å². The van der Waals surface area contributed by atoms with Crippen LogP contribution in [0.3, 0.4) is 0 Å². The second-order valence-corrected chi connectivity index (χ2v) is 8.09. The molecule has 1 aliphatic rings. The molecule has 0 spiro atoms. The molecule has 1 aromatic carbocycles. The highest BCUT2D eigenvalue weighted by atomic mass is 79.9.